The van der Waals surface area contributed by atoms with Gasteiger partial charge in [-0.1, -0.05) is 6.07 Å². The van der Waals surface area contributed by atoms with E-state index in [1.54, 1.807) is 6.92 Å². The summed E-state index contributed by atoms with van der Waals surface area (Å²) < 4.78 is 11.4. The fraction of sp³-hybridized carbons (Fsp3) is 0.650. The third-order valence-corrected chi connectivity index (χ3v) is 4.88. The van der Waals surface area contributed by atoms with Gasteiger partial charge in [0.2, 0.25) is 0 Å². The van der Waals surface area contributed by atoms with Crippen LogP contribution in [0.15, 0.2) is 12.1 Å². The fourth-order valence-electron chi connectivity index (χ4n) is 3.77. The first-order valence-corrected chi connectivity index (χ1v) is 9.39. The summed E-state index contributed by atoms with van der Waals surface area (Å²) in [6.07, 6.45) is 5.39. The maximum atomic E-state index is 9.60. The van der Waals surface area contributed by atoms with E-state index >= 15 is 0 Å². The predicted molar refractivity (Wildman–Crippen MR) is 96.6 cm³/mol. The van der Waals surface area contributed by atoms with Crippen LogP contribution in [-0.2, 0) is 22.3 Å². The lowest BCUT2D eigenvalue weighted by Gasteiger charge is -2.24. The number of aliphatic hydroxyl groups excluding tert-OH is 1. The van der Waals surface area contributed by atoms with Crippen molar-refractivity contribution in [3.8, 4) is 6.07 Å². The van der Waals surface area contributed by atoms with Crippen molar-refractivity contribution >= 4 is 5.69 Å². The zero-order chi connectivity index (χ0) is 17.6. The highest BCUT2D eigenvalue weighted by molar-refractivity contribution is 5.68. The summed E-state index contributed by atoms with van der Waals surface area (Å²) in [4.78, 5) is 2.30. The second-order valence-electron chi connectivity index (χ2n) is 7.07. The van der Waals surface area contributed by atoms with E-state index in [1.165, 1.54) is 12.0 Å². The molecular weight excluding hydrogens is 316 g/mol. The van der Waals surface area contributed by atoms with Crippen molar-refractivity contribution in [2.75, 3.05) is 31.2 Å². The van der Waals surface area contributed by atoms with Gasteiger partial charge in [0, 0.05) is 19.7 Å². The molecule has 1 fully saturated rings. The van der Waals surface area contributed by atoms with E-state index < -0.39 is 0 Å². The van der Waals surface area contributed by atoms with Crippen molar-refractivity contribution < 1.29 is 14.6 Å². The van der Waals surface area contributed by atoms with Crippen molar-refractivity contribution in [2.45, 2.75) is 57.8 Å². The first kappa shape index (κ1) is 18.2. The van der Waals surface area contributed by atoms with Crippen molar-refractivity contribution in [3.05, 3.63) is 28.8 Å². The van der Waals surface area contributed by atoms with Gasteiger partial charge in [0.15, 0.2) is 6.29 Å². The lowest BCUT2D eigenvalue weighted by atomic mass is 10.00. The molecular formula is C20H28N2O3. The number of anilines is 1. The molecule has 0 saturated carbocycles. The third-order valence-electron chi connectivity index (χ3n) is 4.88. The molecule has 5 nitrogen and oxygen atoms in total. The van der Waals surface area contributed by atoms with Crippen LogP contribution in [0.1, 0.15) is 49.3 Å². The lowest BCUT2D eigenvalue weighted by molar-refractivity contribution is -0.162. The maximum absolute atomic E-state index is 9.60. The van der Waals surface area contributed by atoms with Gasteiger partial charge in [0.05, 0.1) is 24.0 Å². The summed E-state index contributed by atoms with van der Waals surface area (Å²) in [5.41, 5.74) is 4.07. The lowest BCUT2D eigenvalue weighted by Crippen LogP contribution is -2.26. The number of aliphatic hydroxyl groups is 1. The van der Waals surface area contributed by atoms with Gasteiger partial charge in [-0.25, -0.2) is 0 Å². The Hall–Kier alpha value is -1.61. The second-order valence-corrected chi connectivity index (χ2v) is 7.07. The van der Waals surface area contributed by atoms with Gasteiger partial charge in [-0.3, -0.25) is 0 Å². The first-order chi connectivity index (χ1) is 12.2. The predicted octanol–water partition coefficient (Wildman–Crippen LogP) is 2.78. The summed E-state index contributed by atoms with van der Waals surface area (Å²) in [5, 5.41) is 19.1. The number of fused-ring (bicyclic) bond motifs is 1. The van der Waals surface area contributed by atoms with E-state index in [9.17, 15) is 10.4 Å². The molecule has 1 N–H and O–H groups in total. The van der Waals surface area contributed by atoms with Gasteiger partial charge in [0.25, 0.3) is 0 Å². The van der Waals surface area contributed by atoms with Gasteiger partial charge in [-0.15, -0.1) is 0 Å². The molecule has 1 unspecified atom stereocenters. The van der Waals surface area contributed by atoms with Crippen LogP contribution in [0, 0.1) is 11.3 Å². The summed E-state index contributed by atoms with van der Waals surface area (Å²) in [6, 6.07) is 6.41. The van der Waals surface area contributed by atoms with E-state index in [-0.39, 0.29) is 12.4 Å². The maximum Gasteiger partial charge on any atom is 0.157 e. The highest BCUT2D eigenvalue weighted by atomic mass is 16.7. The van der Waals surface area contributed by atoms with Gasteiger partial charge in [-0.05, 0) is 62.6 Å². The van der Waals surface area contributed by atoms with Gasteiger partial charge >= 0.3 is 0 Å². The molecule has 3 rings (SSSR count). The molecule has 1 aromatic rings. The number of nitriles is 1. The average molecular weight is 344 g/mol. The molecule has 2 aliphatic heterocycles. The van der Waals surface area contributed by atoms with Crippen LogP contribution < -0.4 is 4.90 Å². The summed E-state index contributed by atoms with van der Waals surface area (Å²) in [7, 11) is 0. The van der Waals surface area contributed by atoms with E-state index in [4.69, 9.17) is 9.47 Å². The molecule has 0 amide bonds. The molecule has 0 aromatic heterocycles. The van der Waals surface area contributed by atoms with Crippen LogP contribution in [0.2, 0.25) is 0 Å². The summed E-state index contributed by atoms with van der Waals surface area (Å²) in [5.74, 6) is 0. The molecule has 0 bridgehead atoms. The van der Waals surface area contributed by atoms with Crippen LogP contribution in [0.25, 0.3) is 0 Å². The number of nitrogens with zero attached hydrogens (tertiary/aromatic N) is 2. The number of benzene rings is 1. The highest BCUT2D eigenvalue weighted by Gasteiger charge is 2.23. The van der Waals surface area contributed by atoms with Crippen LogP contribution in [-0.4, -0.2) is 43.8 Å². The normalized spacial score (nSPS) is 21.0. The van der Waals surface area contributed by atoms with Gasteiger partial charge in [0.1, 0.15) is 6.07 Å². The zero-order valence-electron chi connectivity index (χ0n) is 15.0. The zero-order valence-corrected chi connectivity index (χ0v) is 15.0. The highest BCUT2D eigenvalue weighted by Crippen LogP contribution is 2.33. The summed E-state index contributed by atoms with van der Waals surface area (Å²) >= 11 is 0. The molecule has 2 heterocycles. The van der Waals surface area contributed by atoms with E-state index in [1.807, 2.05) is 6.07 Å². The molecule has 136 valence electrons. The number of rotatable bonds is 7. The third kappa shape index (κ3) is 4.72. The van der Waals surface area contributed by atoms with Crippen molar-refractivity contribution in [3.63, 3.8) is 0 Å². The Morgan fingerprint density at radius 1 is 1.44 bits per heavy atom. The molecule has 0 radical (unpaired) electrons. The Bertz CT molecular complexity index is 618. The minimum absolute atomic E-state index is 0.0303. The van der Waals surface area contributed by atoms with Crippen LogP contribution in [0.4, 0.5) is 5.69 Å². The molecule has 1 saturated heterocycles. The number of ether oxygens (including phenoxy) is 2. The number of hydrogen-bond donors (Lipinski definition) is 1. The smallest absolute Gasteiger partial charge is 0.157 e. The molecule has 0 spiro atoms. The van der Waals surface area contributed by atoms with E-state index in [2.05, 4.69) is 17.0 Å². The van der Waals surface area contributed by atoms with Gasteiger partial charge < -0.3 is 19.5 Å². The Balaban J connectivity index is 1.56. The molecule has 5 heteroatoms. The standard InChI is InChI=1S/C20H28N2O3/c1-15(23)11-16-12-17-6-8-22(20(17)18(13-16)14-21)7-4-10-25-19-5-2-3-9-24-19/h12-13,15,19,23H,2-11H2,1H3/t15-,19?/m0/s1. The average Bonchev–Trinajstić information content (AvgIpc) is 3.01. The molecule has 2 aliphatic rings. The Labute approximate surface area is 150 Å². The van der Waals surface area contributed by atoms with Crippen LogP contribution in [0.5, 0.6) is 0 Å². The first-order valence-electron chi connectivity index (χ1n) is 9.39. The number of hydrogen-bond acceptors (Lipinski definition) is 5. The van der Waals surface area contributed by atoms with Gasteiger partial charge in [-0.2, -0.15) is 5.26 Å². The Morgan fingerprint density at radius 3 is 3.04 bits per heavy atom. The quantitative estimate of drug-likeness (QED) is 0.771. The van der Waals surface area contributed by atoms with Crippen LogP contribution >= 0.6 is 0 Å². The van der Waals surface area contributed by atoms with Crippen molar-refractivity contribution in [1.82, 2.24) is 0 Å². The SMILES string of the molecule is C[C@H](O)Cc1cc(C#N)c2c(c1)CCN2CCCOC1CCCCO1. The minimum atomic E-state index is -0.388. The van der Waals surface area contributed by atoms with E-state index in [0.717, 1.165) is 62.2 Å². The van der Waals surface area contributed by atoms with Crippen molar-refractivity contribution in [2.24, 2.45) is 0 Å². The van der Waals surface area contributed by atoms with E-state index in [0.29, 0.717) is 13.0 Å². The van der Waals surface area contributed by atoms with Crippen LogP contribution in [0.3, 0.4) is 0 Å². The fourth-order valence-corrected chi connectivity index (χ4v) is 3.77. The Kier molecular flexibility index (Phi) is 6.30. The molecule has 2 atom stereocenters. The largest absolute Gasteiger partial charge is 0.393 e. The minimum Gasteiger partial charge on any atom is -0.393 e. The second kappa shape index (κ2) is 8.66. The topological polar surface area (TPSA) is 65.7 Å². The molecule has 1 aromatic carbocycles. The Morgan fingerprint density at radius 2 is 2.32 bits per heavy atom. The summed E-state index contributed by atoms with van der Waals surface area (Å²) in [6.45, 7) is 5.12. The monoisotopic (exact) mass is 344 g/mol. The molecule has 25 heavy (non-hydrogen) atoms. The molecule has 0 aliphatic carbocycles. The van der Waals surface area contributed by atoms with Crippen molar-refractivity contribution in [1.29, 1.82) is 5.26 Å².